The highest BCUT2D eigenvalue weighted by molar-refractivity contribution is 6.02. The van der Waals surface area contributed by atoms with Crippen molar-refractivity contribution in [3.05, 3.63) is 71.1 Å². The number of aryl methyl sites for hydroxylation is 1. The van der Waals surface area contributed by atoms with Crippen molar-refractivity contribution < 1.29 is 31.4 Å². The van der Waals surface area contributed by atoms with E-state index in [9.17, 15) is 17.6 Å². The molecule has 3 aliphatic rings. The van der Waals surface area contributed by atoms with E-state index in [4.69, 9.17) is 21.9 Å². The standard InChI is InChI=1S/C36H40F2N6O.C6H5F3N2O/c1-2-25-27(37)15-14-24-11-6-12-26(29(24)25)32-31(38)33-30(28(41-32)13-5-10-23-9-3-4-18-40-21-23)34(39)43-35(42-33)45-22-36-16-7-19-44(36)20-8-17-36;1-12-5-2-4(3-10-11-5)6(7,8)9/h1,6,11-12,14-15,23,40H,3-5,7-10,13,16-22H2,(H2,39,42,43);2-3H,1H3. The number of nitrogens with one attached hydrogen (secondary N) is 1. The zero-order valence-electron chi connectivity index (χ0n) is 31.8. The minimum atomic E-state index is -4.40. The normalized spacial score (nSPS) is 18.1. The van der Waals surface area contributed by atoms with Crippen LogP contribution >= 0.6 is 0 Å². The van der Waals surface area contributed by atoms with Crippen molar-refractivity contribution in [2.24, 2.45) is 5.92 Å². The Hall–Kier alpha value is -5.20. The van der Waals surface area contributed by atoms with Crippen LogP contribution in [0, 0.1) is 29.9 Å². The van der Waals surface area contributed by atoms with Gasteiger partial charge in [-0.3, -0.25) is 4.90 Å². The van der Waals surface area contributed by atoms with Gasteiger partial charge in [-0.25, -0.2) is 13.8 Å². The van der Waals surface area contributed by atoms with Crippen LogP contribution in [0.2, 0.25) is 0 Å². The number of aromatic nitrogens is 5. The number of fused-ring (bicyclic) bond motifs is 3. The Morgan fingerprint density at radius 3 is 2.60 bits per heavy atom. The molecule has 0 bridgehead atoms. The molecule has 15 heteroatoms. The SMILES string of the molecule is C#Cc1c(F)ccc2cccc(-c3nc(CCCC4CCCCNC4)c4c(N)nc(OCC56CCCN5CCC6)nc4c3F)c12.COc1cc(C(F)(F)F)cnn1. The van der Waals surface area contributed by atoms with E-state index >= 15 is 4.39 Å². The van der Waals surface area contributed by atoms with E-state index in [1.165, 1.54) is 32.4 Å². The average molecular weight is 789 g/mol. The summed E-state index contributed by atoms with van der Waals surface area (Å²) < 4.78 is 78.3. The maximum Gasteiger partial charge on any atom is 0.418 e. The zero-order valence-corrected chi connectivity index (χ0v) is 31.8. The van der Waals surface area contributed by atoms with Crippen LogP contribution in [0.3, 0.4) is 0 Å². The number of rotatable bonds is 9. The van der Waals surface area contributed by atoms with Crippen LogP contribution < -0.4 is 20.5 Å². The summed E-state index contributed by atoms with van der Waals surface area (Å²) in [5.41, 5.74) is 6.93. The van der Waals surface area contributed by atoms with Crippen LogP contribution in [0.15, 0.2) is 42.6 Å². The Balaban J connectivity index is 0.000000356. The number of hydrogen-bond acceptors (Lipinski definition) is 10. The summed E-state index contributed by atoms with van der Waals surface area (Å²) in [5, 5.41) is 11.5. The fourth-order valence-electron chi connectivity index (χ4n) is 8.53. The largest absolute Gasteiger partial charge is 0.480 e. The number of anilines is 1. The number of nitrogen functional groups attached to an aromatic ring is 1. The molecule has 0 amide bonds. The van der Waals surface area contributed by atoms with Crippen LogP contribution in [-0.4, -0.2) is 75.5 Å². The first-order chi connectivity index (χ1) is 27.5. The van der Waals surface area contributed by atoms with Crippen LogP contribution in [0.1, 0.15) is 74.6 Å². The highest BCUT2D eigenvalue weighted by Gasteiger charge is 2.45. The van der Waals surface area contributed by atoms with Crippen LogP contribution in [-0.2, 0) is 12.6 Å². The molecule has 2 aromatic carbocycles. The topological polar surface area (TPSA) is 124 Å². The molecule has 3 saturated heterocycles. The van der Waals surface area contributed by atoms with E-state index in [0.717, 1.165) is 70.8 Å². The van der Waals surface area contributed by atoms with Crippen molar-refractivity contribution in [2.45, 2.75) is 75.9 Å². The summed E-state index contributed by atoms with van der Waals surface area (Å²) in [4.78, 5) is 16.5. The van der Waals surface area contributed by atoms with Crippen molar-refractivity contribution in [3.8, 4) is 35.5 Å². The van der Waals surface area contributed by atoms with Gasteiger partial charge in [0, 0.05) is 17.0 Å². The smallest absolute Gasteiger partial charge is 0.418 e. The maximum atomic E-state index is 16.7. The third kappa shape index (κ3) is 8.57. The van der Waals surface area contributed by atoms with Gasteiger partial charge >= 0.3 is 12.2 Å². The summed E-state index contributed by atoms with van der Waals surface area (Å²) in [6, 6.07) is 9.21. The molecule has 0 aliphatic carbocycles. The molecule has 3 N–H and O–H groups in total. The maximum absolute atomic E-state index is 16.7. The first-order valence-corrected chi connectivity index (χ1v) is 19.4. The lowest BCUT2D eigenvalue weighted by Crippen LogP contribution is -2.43. The highest BCUT2D eigenvalue weighted by Crippen LogP contribution is 2.40. The van der Waals surface area contributed by atoms with Gasteiger partial charge in [0.05, 0.1) is 41.1 Å². The number of hydrogen-bond donors (Lipinski definition) is 2. The first kappa shape index (κ1) is 40.0. The van der Waals surface area contributed by atoms with Gasteiger partial charge in [-0.15, -0.1) is 11.5 Å². The number of pyridine rings is 1. The van der Waals surface area contributed by atoms with Gasteiger partial charge in [0.25, 0.3) is 0 Å². The Morgan fingerprint density at radius 1 is 1.04 bits per heavy atom. The number of nitrogens with two attached hydrogens (primary N) is 1. The molecule has 1 atom stereocenters. The van der Waals surface area contributed by atoms with Crippen molar-refractivity contribution in [3.63, 3.8) is 0 Å². The van der Waals surface area contributed by atoms with E-state index in [-0.39, 0.29) is 40.0 Å². The zero-order chi connectivity index (χ0) is 40.2. The molecule has 5 aromatic rings. The summed E-state index contributed by atoms with van der Waals surface area (Å²) >= 11 is 0. The number of alkyl halides is 3. The average Bonchev–Trinajstić information content (AvgIpc) is 3.69. The molecule has 3 aromatic heterocycles. The monoisotopic (exact) mass is 788 g/mol. The van der Waals surface area contributed by atoms with Crippen molar-refractivity contribution in [1.82, 2.24) is 35.4 Å². The number of methoxy groups -OCH3 is 1. The van der Waals surface area contributed by atoms with Crippen molar-refractivity contribution >= 4 is 27.5 Å². The number of nitrogens with zero attached hydrogens (tertiary/aromatic N) is 6. The molecule has 0 spiro atoms. The lowest BCUT2D eigenvalue weighted by molar-refractivity contribution is -0.138. The van der Waals surface area contributed by atoms with Gasteiger partial charge in [0.1, 0.15) is 29.5 Å². The molecule has 0 saturated carbocycles. The Morgan fingerprint density at radius 2 is 1.84 bits per heavy atom. The molecular formula is C42H45F5N8O2. The molecule has 300 valence electrons. The quantitative estimate of drug-likeness (QED) is 0.113. The fraction of sp³-hybridized carbons (Fsp3) is 0.452. The summed E-state index contributed by atoms with van der Waals surface area (Å²) in [6.45, 7) is 4.64. The van der Waals surface area contributed by atoms with Gasteiger partial charge in [-0.05, 0) is 101 Å². The predicted molar refractivity (Wildman–Crippen MR) is 208 cm³/mol. The third-order valence-electron chi connectivity index (χ3n) is 11.4. The fourth-order valence-corrected chi connectivity index (χ4v) is 8.53. The minimum absolute atomic E-state index is 0.0221. The second-order valence-electron chi connectivity index (χ2n) is 15.0. The van der Waals surface area contributed by atoms with E-state index in [2.05, 4.69) is 41.0 Å². The predicted octanol–water partition coefficient (Wildman–Crippen LogP) is 7.91. The Bertz CT molecular complexity index is 2260. The third-order valence-corrected chi connectivity index (χ3v) is 11.4. The van der Waals surface area contributed by atoms with E-state index in [0.29, 0.717) is 52.6 Å². The number of halogens is 5. The molecule has 6 heterocycles. The molecule has 1 unspecified atom stereocenters. The Kier molecular flexibility index (Phi) is 12.0. The number of ether oxygens (including phenoxy) is 2. The molecule has 3 aliphatic heterocycles. The van der Waals surface area contributed by atoms with Gasteiger partial charge in [-0.2, -0.15) is 28.2 Å². The van der Waals surface area contributed by atoms with Gasteiger partial charge in [-0.1, -0.05) is 36.6 Å². The first-order valence-electron chi connectivity index (χ1n) is 19.4. The molecule has 10 nitrogen and oxygen atoms in total. The molecule has 0 radical (unpaired) electrons. The van der Waals surface area contributed by atoms with Crippen LogP contribution in [0.4, 0.5) is 27.8 Å². The van der Waals surface area contributed by atoms with E-state index in [1.54, 1.807) is 18.2 Å². The van der Waals surface area contributed by atoms with E-state index in [1.807, 2.05) is 6.07 Å². The van der Waals surface area contributed by atoms with Gasteiger partial charge in [0.2, 0.25) is 5.88 Å². The van der Waals surface area contributed by atoms with Crippen LogP contribution in [0.5, 0.6) is 11.9 Å². The van der Waals surface area contributed by atoms with Gasteiger partial charge in [0.15, 0.2) is 5.82 Å². The molecule has 8 rings (SSSR count). The van der Waals surface area contributed by atoms with Crippen LogP contribution in [0.25, 0.3) is 32.9 Å². The summed E-state index contributed by atoms with van der Waals surface area (Å²) in [7, 11) is 1.23. The van der Waals surface area contributed by atoms with Crippen molar-refractivity contribution in [1.29, 1.82) is 0 Å². The number of benzene rings is 2. The Labute approximate surface area is 327 Å². The number of terminal acetylenes is 1. The summed E-state index contributed by atoms with van der Waals surface area (Å²) in [5.74, 6) is 1.87. The van der Waals surface area contributed by atoms with Gasteiger partial charge < -0.3 is 20.5 Å². The lowest BCUT2D eigenvalue weighted by atomic mass is 9.94. The molecular weight excluding hydrogens is 744 g/mol. The second-order valence-corrected chi connectivity index (χ2v) is 15.0. The molecule has 3 fully saturated rings. The molecule has 57 heavy (non-hydrogen) atoms. The minimum Gasteiger partial charge on any atom is -0.480 e. The van der Waals surface area contributed by atoms with E-state index < -0.39 is 23.4 Å². The summed E-state index contributed by atoms with van der Waals surface area (Å²) in [6.07, 6.45) is 12.5. The second kappa shape index (κ2) is 17.1. The lowest BCUT2D eigenvalue weighted by Gasteiger charge is -2.31. The highest BCUT2D eigenvalue weighted by atomic mass is 19.4. The van der Waals surface area contributed by atoms with Crippen molar-refractivity contribution in [2.75, 3.05) is 45.6 Å².